The minimum absolute atomic E-state index is 0.0346. The first kappa shape index (κ1) is 21.7. The number of methoxy groups -OCH3 is 2. The Bertz CT molecular complexity index is 1350. The predicted octanol–water partition coefficient (Wildman–Crippen LogP) is 3.94. The van der Waals surface area contributed by atoms with Crippen LogP contribution in [0.2, 0.25) is 0 Å². The second-order valence-corrected chi connectivity index (χ2v) is 6.95. The molecule has 0 aliphatic carbocycles. The van der Waals surface area contributed by atoms with Crippen molar-refractivity contribution in [1.29, 1.82) is 0 Å². The van der Waals surface area contributed by atoms with Gasteiger partial charge >= 0.3 is 5.97 Å². The van der Waals surface area contributed by atoms with E-state index in [1.165, 1.54) is 14.2 Å². The van der Waals surface area contributed by atoms with Gasteiger partial charge in [-0.15, -0.1) is 0 Å². The van der Waals surface area contributed by atoms with Crippen LogP contribution in [0.4, 0.5) is 5.82 Å². The van der Waals surface area contributed by atoms with Gasteiger partial charge in [-0.05, 0) is 54.1 Å². The van der Waals surface area contributed by atoms with E-state index in [1.54, 1.807) is 42.6 Å². The fourth-order valence-corrected chi connectivity index (χ4v) is 3.28. The van der Waals surface area contributed by atoms with Crippen LogP contribution < -0.4 is 14.2 Å². The van der Waals surface area contributed by atoms with Crippen LogP contribution in [-0.2, 0) is 4.79 Å². The molecular weight excluding hydrogens is 426 g/mol. The van der Waals surface area contributed by atoms with E-state index in [4.69, 9.17) is 24.3 Å². The van der Waals surface area contributed by atoms with E-state index in [2.05, 4.69) is 4.99 Å². The van der Waals surface area contributed by atoms with Gasteiger partial charge in [-0.25, -0.2) is 14.8 Å². The highest BCUT2D eigenvalue weighted by atomic mass is 16.5. The number of carbonyl (C=O) groups is 1. The first-order chi connectivity index (χ1) is 16.0. The molecule has 0 unspecified atom stereocenters. The van der Waals surface area contributed by atoms with Gasteiger partial charge in [-0.1, -0.05) is 6.07 Å². The molecule has 33 heavy (non-hydrogen) atoms. The number of fused-ring (bicyclic) bond motifs is 1. The summed E-state index contributed by atoms with van der Waals surface area (Å²) in [6.07, 6.45) is 3.51. The van der Waals surface area contributed by atoms with Crippen LogP contribution >= 0.6 is 0 Å². The highest BCUT2D eigenvalue weighted by Gasteiger charge is 2.15. The molecule has 9 heteroatoms. The summed E-state index contributed by atoms with van der Waals surface area (Å²) in [6, 6.07) is 15.7. The highest BCUT2D eigenvalue weighted by molar-refractivity contribution is 5.86. The molecule has 2 N–H and O–H groups in total. The summed E-state index contributed by atoms with van der Waals surface area (Å²) in [5.74, 6) is 0.594. The number of phenols is 1. The summed E-state index contributed by atoms with van der Waals surface area (Å²) >= 11 is 0. The van der Waals surface area contributed by atoms with E-state index >= 15 is 0 Å². The van der Waals surface area contributed by atoms with Gasteiger partial charge in [0.05, 0.1) is 14.2 Å². The number of hydrogen-bond acceptors (Lipinski definition) is 7. The van der Waals surface area contributed by atoms with Crippen LogP contribution in [0.5, 0.6) is 23.0 Å². The van der Waals surface area contributed by atoms with Gasteiger partial charge in [-0.3, -0.25) is 4.40 Å². The van der Waals surface area contributed by atoms with Crippen LogP contribution in [0.1, 0.15) is 5.56 Å². The van der Waals surface area contributed by atoms with Crippen LogP contribution in [0.3, 0.4) is 0 Å². The Morgan fingerprint density at radius 2 is 1.88 bits per heavy atom. The average molecular weight is 447 g/mol. The third-order valence-electron chi connectivity index (χ3n) is 4.83. The fraction of sp³-hybridized carbons (Fsp3) is 0.125. The molecule has 0 saturated carbocycles. The summed E-state index contributed by atoms with van der Waals surface area (Å²) in [6.45, 7) is -0.467. The molecule has 2 heterocycles. The fourth-order valence-electron chi connectivity index (χ4n) is 3.28. The van der Waals surface area contributed by atoms with Crippen LogP contribution in [0.15, 0.2) is 65.8 Å². The van der Waals surface area contributed by atoms with Crippen molar-refractivity contribution in [2.75, 3.05) is 20.8 Å². The normalized spacial score (nSPS) is 11.1. The zero-order valence-corrected chi connectivity index (χ0v) is 17.9. The summed E-state index contributed by atoms with van der Waals surface area (Å²) < 4.78 is 17.7. The molecule has 0 bridgehead atoms. The highest BCUT2D eigenvalue weighted by Crippen LogP contribution is 2.36. The lowest BCUT2D eigenvalue weighted by molar-refractivity contribution is -0.139. The molecule has 4 rings (SSSR count). The molecule has 0 radical (unpaired) electrons. The quantitative estimate of drug-likeness (QED) is 0.393. The SMILES string of the molecule is COc1cc(-c2nc3ccccn3c2N=Cc2ccc(OCC(=O)O)c(OC)c2)ccc1O. The molecule has 0 aliphatic heterocycles. The number of hydrogen-bond donors (Lipinski definition) is 2. The zero-order chi connectivity index (χ0) is 23.4. The molecule has 0 saturated heterocycles. The first-order valence-electron chi connectivity index (χ1n) is 9.91. The van der Waals surface area contributed by atoms with Crippen LogP contribution in [0.25, 0.3) is 16.9 Å². The van der Waals surface area contributed by atoms with E-state index in [1.807, 2.05) is 28.8 Å². The van der Waals surface area contributed by atoms with E-state index < -0.39 is 12.6 Å². The number of rotatable bonds is 8. The number of ether oxygens (including phenoxy) is 3. The summed E-state index contributed by atoms with van der Waals surface area (Å²) in [5, 5.41) is 18.8. The molecule has 4 aromatic rings. The van der Waals surface area contributed by atoms with Crippen molar-refractivity contribution < 1.29 is 29.2 Å². The van der Waals surface area contributed by atoms with Crippen molar-refractivity contribution in [3.63, 3.8) is 0 Å². The Hall–Kier alpha value is -4.53. The van der Waals surface area contributed by atoms with Gasteiger partial charge in [0, 0.05) is 18.0 Å². The smallest absolute Gasteiger partial charge is 0.341 e. The molecule has 9 nitrogen and oxygen atoms in total. The number of aliphatic imine (C=N–C) groups is 1. The van der Waals surface area contributed by atoms with Gasteiger partial charge in [0.2, 0.25) is 0 Å². The topological polar surface area (TPSA) is 115 Å². The summed E-state index contributed by atoms with van der Waals surface area (Å²) in [7, 11) is 2.96. The molecule has 0 atom stereocenters. The number of benzene rings is 2. The van der Waals surface area contributed by atoms with Crippen LogP contribution in [-0.4, -0.2) is 52.6 Å². The van der Waals surface area contributed by atoms with E-state index in [0.717, 1.165) is 11.1 Å². The van der Waals surface area contributed by atoms with Crippen molar-refractivity contribution >= 4 is 23.6 Å². The third kappa shape index (κ3) is 4.57. The molecule has 0 amide bonds. The zero-order valence-electron chi connectivity index (χ0n) is 17.9. The predicted molar refractivity (Wildman–Crippen MR) is 122 cm³/mol. The number of phenolic OH excluding ortho intramolecular Hbond substituents is 1. The third-order valence-corrected chi connectivity index (χ3v) is 4.83. The molecule has 168 valence electrons. The average Bonchev–Trinajstić information content (AvgIpc) is 3.20. The van der Waals surface area contributed by atoms with E-state index in [0.29, 0.717) is 34.4 Å². The minimum atomic E-state index is -1.08. The number of aromatic hydroxyl groups is 1. The lowest BCUT2D eigenvalue weighted by Gasteiger charge is -2.09. The number of aliphatic carboxylic acids is 1. The van der Waals surface area contributed by atoms with Crippen molar-refractivity contribution in [1.82, 2.24) is 9.38 Å². The maximum atomic E-state index is 10.8. The number of aromatic nitrogens is 2. The Balaban J connectivity index is 1.74. The Morgan fingerprint density at radius 3 is 2.64 bits per heavy atom. The minimum Gasteiger partial charge on any atom is -0.504 e. The van der Waals surface area contributed by atoms with Gasteiger partial charge in [0.15, 0.2) is 35.4 Å². The second kappa shape index (κ2) is 9.31. The summed E-state index contributed by atoms with van der Waals surface area (Å²) in [5.41, 5.74) is 2.77. The van der Waals surface area contributed by atoms with E-state index in [9.17, 15) is 9.90 Å². The maximum absolute atomic E-state index is 10.8. The molecule has 2 aromatic carbocycles. The molecule has 0 aliphatic rings. The molecular formula is C24H21N3O6. The van der Waals surface area contributed by atoms with Crippen LogP contribution in [0, 0.1) is 0 Å². The Kier molecular flexibility index (Phi) is 6.12. The first-order valence-corrected chi connectivity index (χ1v) is 9.91. The van der Waals surface area contributed by atoms with Gasteiger partial charge in [0.1, 0.15) is 11.3 Å². The Labute approximate surface area is 189 Å². The lowest BCUT2D eigenvalue weighted by Crippen LogP contribution is -2.10. The molecule has 0 spiro atoms. The number of pyridine rings is 1. The van der Waals surface area contributed by atoms with Gasteiger partial charge < -0.3 is 24.4 Å². The van der Waals surface area contributed by atoms with E-state index in [-0.39, 0.29) is 5.75 Å². The van der Waals surface area contributed by atoms with Gasteiger partial charge in [0.25, 0.3) is 0 Å². The Morgan fingerprint density at radius 1 is 1.06 bits per heavy atom. The van der Waals surface area contributed by atoms with Crippen molar-refractivity contribution in [2.24, 2.45) is 4.99 Å². The monoisotopic (exact) mass is 447 g/mol. The standard InChI is InChI=1S/C24H21N3O6/c1-31-19-12-16(7-8-17(19)28)23-24(27-10-4-3-5-21(27)26-23)25-13-15-6-9-18(20(11-15)32-2)33-14-22(29)30/h3-13,28H,14H2,1-2H3,(H,29,30). The molecule has 0 fully saturated rings. The largest absolute Gasteiger partial charge is 0.504 e. The number of nitrogens with zero attached hydrogens (tertiary/aromatic N) is 3. The van der Waals surface area contributed by atoms with Gasteiger partial charge in [-0.2, -0.15) is 0 Å². The lowest BCUT2D eigenvalue weighted by atomic mass is 10.1. The molecule has 2 aromatic heterocycles. The van der Waals surface area contributed by atoms with Crippen molar-refractivity contribution in [3.8, 4) is 34.3 Å². The second-order valence-electron chi connectivity index (χ2n) is 6.95. The number of imidazole rings is 1. The van der Waals surface area contributed by atoms with Crippen molar-refractivity contribution in [3.05, 3.63) is 66.4 Å². The summed E-state index contributed by atoms with van der Waals surface area (Å²) in [4.78, 5) is 20.2. The number of carboxylic acid groups (broad SMARTS) is 1. The van der Waals surface area contributed by atoms with Crippen molar-refractivity contribution in [2.45, 2.75) is 0 Å². The number of carboxylic acids is 1. The maximum Gasteiger partial charge on any atom is 0.341 e.